The van der Waals surface area contributed by atoms with Crippen LogP contribution >= 0.6 is 22.9 Å². The smallest absolute Gasteiger partial charge is 0.335 e. The number of hydrogen-bond acceptors (Lipinski definition) is 3. The zero-order valence-corrected chi connectivity index (χ0v) is 14.5. The number of aromatic carboxylic acids is 1. The number of hydrogen-bond donors (Lipinski definition) is 1. The maximum absolute atomic E-state index is 11.2. The van der Waals surface area contributed by atoms with E-state index in [4.69, 9.17) is 21.7 Å². The van der Waals surface area contributed by atoms with Crippen molar-refractivity contribution < 1.29 is 9.90 Å². The van der Waals surface area contributed by atoms with Gasteiger partial charge in [-0.15, -0.1) is 11.3 Å². The Morgan fingerprint density at radius 3 is 2.60 bits per heavy atom. The minimum absolute atomic E-state index is 0.278. The molecule has 0 atom stereocenters. The van der Waals surface area contributed by atoms with Crippen LogP contribution in [0.3, 0.4) is 0 Å². The molecule has 122 valence electrons. The highest BCUT2D eigenvalue weighted by atomic mass is 35.5. The Morgan fingerprint density at radius 2 is 1.80 bits per heavy atom. The monoisotopic (exact) mass is 365 g/mol. The number of carbonyl (C=O) groups is 1. The summed E-state index contributed by atoms with van der Waals surface area (Å²) in [6, 6.07) is 18.7. The van der Waals surface area contributed by atoms with Crippen LogP contribution in [0.25, 0.3) is 32.6 Å². The van der Waals surface area contributed by atoms with Crippen LogP contribution < -0.4 is 0 Å². The topological polar surface area (TPSA) is 50.2 Å². The standard InChI is InChI=1S/C20H12ClNO2S/c21-17-4-2-1-3-16(17)18-11-25-19(22-18)13-7-5-12-6-8-14(20(23)24)10-15(12)9-13/h1-11H,(H,23,24). The van der Waals surface area contributed by atoms with Gasteiger partial charge in [0.15, 0.2) is 0 Å². The Hall–Kier alpha value is -2.69. The van der Waals surface area contributed by atoms with Gasteiger partial charge >= 0.3 is 5.97 Å². The van der Waals surface area contributed by atoms with Gasteiger partial charge < -0.3 is 5.11 Å². The molecule has 0 amide bonds. The van der Waals surface area contributed by atoms with Crippen LogP contribution in [0.1, 0.15) is 10.4 Å². The molecule has 5 heteroatoms. The lowest BCUT2D eigenvalue weighted by molar-refractivity contribution is 0.0697. The number of benzene rings is 3. The average Bonchev–Trinajstić information content (AvgIpc) is 3.11. The highest BCUT2D eigenvalue weighted by Crippen LogP contribution is 2.33. The van der Waals surface area contributed by atoms with E-state index in [0.29, 0.717) is 5.02 Å². The number of aromatic nitrogens is 1. The molecule has 1 heterocycles. The van der Waals surface area contributed by atoms with Gasteiger partial charge in [0.2, 0.25) is 0 Å². The van der Waals surface area contributed by atoms with E-state index in [1.54, 1.807) is 12.1 Å². The van der Waals surface area contributed by atoms with Crippen molar-refractivity contribution in [1.82, 2.24) is 4.98 Å². The largest absolute Gasteiger partial charge is 0.478 e. The quantitative estimate of drug-likeness (QED) is 0.485. The molecule has 0 unspecified atom stereocenters. The molecule has 0 aliphatic rings. The molecule has 4 aromatic rings. The molecular weight excluding hydrogens is 354 g/mol. The minimum atomic E-state index is -0.928. The first kappa shape index (κ1) is 15.8. The highest BCUT2D eigenvalue weighted by molar-refractivity contribution is 7.13. The van der Waals surface area contributed by atoms with Crippen LogP contribution in [-0.4, -0.2) is 16.1 Å². The fraction of sp³-hybridized carbons (Fsp3) is 0. The summed E-state index contributed by atoms with van der Waals surface area (Å²) in [5.74, 6) is -0.928. The zero-order valence-electron chi connectivity index (χ0n) is 12.9. The minimum Gasteiger partial charge on any atom is -0.478 e. The van der Waals surface area contributed by atoms with Crippen LogP contribution in [0.5, 0.6) is 0 Å². The Labute approximate surface area is 153 Å². The van der Waals surface area contributed by atoms with Crippen molar-refractivity contribution in [3.05, 3.63) is 76.6 Å². The zero-order chi connectivity index (χ0) is 17.4. The van der Waals surface area contributed by atoms with Crippen LogP contribution in [0.2, 0.25) is 5.02 Å². The van der Waals surface area contributed by atoms with Crippen molar-refractivity contribution in [2.24, 2.45) is 0 Å². The van der Waals surface area contributed by atoms with E-state index in [0.717, 1.165) is 32.6 Å². The molecule has 0 spiro atoms. The Morgan fingerprint density at radius 1 is 1.00 bits per heavy atom. The summed E-state index contributed by atoms with van der Waals surface area (Å²) in [5, 5.41) is 14.6. The number of nitrogens with zero attached hydrogens (tertiary/aromatic N) is 1. The third kappa shape index (κ3) is 3.02. The van der Waals surface area contributed by atoms with Gasteiger partial charge in [0.1, 0.15) is 5.01 Å². The van der Waals surface area contributed by atoms with Gasteiger partial charge in [-0.25, -0.2) is 9.78 Å². The third-order valence-electron chi connectivity index (χ3n) is 3.99. The summed E-state index contributed by atoms with van der Waals surface area (Å²) in [7, 11) is 0. The molecule has 0 saturated carbocycles. The summed E-state index contributed by atoms with van der Waals surface area (Å²) in [6.07, 6.45) is 0. The van der Waals surface area contributed by atoms with E-state index in [1.807, 2.05) is 53.9 Å². The highest BCUT2D eigenvalue weighted by Gasteiger charge is 2.10. The fourth-order valence-corrected chi connectivity index (χ4v) is 3.76. The van der Waals surface area contributed by atoms with Crippen LogP contribution in [0.4, 0.5) is 0 Å². The molecule has 4 rings (SSSR count). The SMILES string of the molecule is O=C(O)c1ccc2ccc(-c3nc(-c4ccccc4Cl)cs3)cc2c1. The van der Waals surface area contributed by atoms with E-state index in [1.165, 1.54) is 11.3 Å². The summed E-state index contributed by atoms with van der Waals surface area (Å²) < 4.78 is 0. The van der Waals surface area contributed by atoms with Crippen LogP contribution in [-0.2, 0) is 0 Å². The maximum atomic E-state index is 11.2. The van der Waals surface area contributed by atoms with Crippen molar-refractivity contribution in [2.45, 2.75) is 0 Å². The lowest BCUT2D eigenvalue weighted by atomic mass is 10.0. The molecule has 0 aliphatic heterocycles. The van der Waals surface area contributed by atoms with E-state index >= 15 is 0 Å². The van der Waals surface area contributed by atoms with E-state index in [2.05, 4.69) is 0 Å². The summed E-state index contributed by atoms with van der Waals surface area (Å²) in [6.45, 7) is 0. The Bertz CT molecular complexity index is 1100. The number of halogens is 1. The number of thiazole rings is 1. The van der Waals surface area contributed by atoms with Crippen molar-refractivity contribution in [2.75, 3.05) is 0 Å². The first-order valence-electron chi connectivity index (χ1n) is 7.60. The van der Waals surface area contributed by atoms with Crippen LogP contribution in [0.15, 0.2) is 66.0 Å². The molecule has 0 fully saturated rings. The predicted molar refractivity (Wildman–Crippen MR) is 102 cm³/mol. The van der Waals surface area contributed by atoms with Gasteiger partial charge in [0, 0.05) is 21.5 Å². The average molecular weight is 366 g/mol. The second-order valence-electron chi connectivity index (χ2n) is 5.60. The maximum Gasteiger partial charge on any atom is 0.335 e. The van der Waals surface area contributed by atoms with Crippen molar-refractivity contribution in [3.8, 4) is 21.8 Å². The first-order valence-corrected chi connectivity index (χ1v) is 8.85. The molecule has 0 radical (unpaired) electrons. The molecule has 1 aromatic heterocycles. The molecule has 0 aliphatic carbocycles. The molecule has 0 bridgehead atoms. The molecule has 3 nitrogen and oxygen atoms in total. The van der Waals surface area contributed by atoms with Gasteiger partial charge in [-0.05, 0) is 35.0 Å². The fourth-order valence-electron chi connectivity index (χ4n) is 2.71. The van der Waals surface area contributed by atoms with E-state index in [9.17, 15) is 4.79 Å². The summed E-state index contributed by atoms with van der Waals surface area (Å²) in [4.78, 5) is 15.9. The van der Waals surface area contributed by atoms with Gasteiger partial charge in [-0.1, -0.05) is 48.0 Å². The number of carboxylic acid groups (broad SMARTS) is 1. The number of carboxylic acids is 1. The van der Waals surface area contributed by atoms with Crippen molar-refractivity contribution in [3.63, 3.8) is 0 Å². The number of rotatable bonds is 3. The van der Waals surface area contributed by atoms with Gasteiger partial charge in [0.25, 0.3) is 0 Å². The predicted octanol–water partition coefficient (Wildman–Crippen LogP) is 5.98. The summed E-state index contributed by atoms with van der Waals surface area (Å²) >= 11 is 7.79. The Kier molecular flexibility index (Phi) is 3.99. The van der Waals surface area contributed by atoms with Crippen LogP contribution in [0, 0.1) is 0 Å². The second kappa shape index (κ2) is 6.31. The Balaban J connectivity index is 1.77. The second-order valence-corrected chi connectivity index (χ2v) is 6.86. The molecule has 1 N–H and O–H groups in total. The molecule has 0 saturated heterocycles. The van der Waals surface area contributed by atoms with E-state index in [-0.39, 0.29) is 5.56 Å². The van der Waals surface area contributed by atoms with E-state index < -0.39 is 5.97 Å². The van der Waals surface area contributed by atoms with Gasteiger partial charge in [-0.2, -0.15) is 0 Å². The first-order chi connectivity index (χ1) is 12.1. The van der Waals surface area contributed by atoms with Crippen molar-refractivity contribution in [1.29, 1.82) is 0 Å². The third-order valence-corrected chi connectivity index (χ3v) is 5.21. The molecule has 25 heavy (non-hydrogen) atoms. The normalized spacial score (nSPS) is 10.9. The number of fused-ring (bicyclic) bond motifs is 1. The lowest BCUT2D eigenvalue weighted by Crippen LogP contribution is -1.95. The molecule has 3 aromatic carbocycles. The van der Waals surface area contributed by atoms with Gasteiger partial charge in [0.05, 0.1) is 11.3 Å². The van der Waals surface area contributed by atoms with Gasteiger partial charge in [-0.3, -0.25) is 0 Å². The molecular formula is C20H12ClNO2S. The lowest BCUT2D eigenvalue weighted by Gasteiger charge is -2.03. The van der Waals surface area contributed by atoms with Crippen molar-refractivity contribution >= 4 is 39.7 Å². The summed E-state index contributed by atoms with van der Waals surface area (Å²) in [5.41, 5.74) is 2.98.